The highest BCUT2D eigenvalue weighted by Gasteiger charge is 2.15. The third-order valence-corrected chi connectivity index (χ3v) is 6.04. The van der Waals surface area contributed by atoms with Crippen LogP contribution in [0.3, 0.4) is 0 Å². The SMILES string of the molecule is CN=C(NCCc1csc(N2CCCC2)n1)NCCc1ncc(C)s1.I. The molecule has 3 heterocycles. The molecule has 1 aliphatic rings. The summed E-state index contributed by atoms with van der Waals surface area (Å²) in [5, 5.41) is 11.2. The van der Waals surface area contributed by atoms with Gasteiger partial charge in [0.05, 0.1) is 10.7 Å². The van der Waals surface area contributed by atoms with Gasteiger partial charge < -0.3 is 15.5 Å². The minimum Gasteiger partial charge on any atom is -0.356 e. The summed E-state index contributed by atoms with van der Waals surface area (Å²) in [7, 11) is 1.80. The largest absolute Gasteiger partial charge is 0.356 e. The number of thiazole rings is 2. The van der Waals surface area contributed by atoms with Crippen LogP contribution in [0.25, 0.3) is 0 Å². The minimum absolute atomic E-state index is 0. The zero-order valence-corrected chi connectivity index (χ0v) is 19.3. The lowest BCUT2D eigenvalue weighted by molar-refractivity contribution is 0.775. The van der Waals surface area contributed by atoms with Crippen molar-refractivity contribution >= 4 is 57.7 Å². The maximum atomic E-state index is 4.76. The topological polar surface area (TPSA) is 65.4 Å². The third-order valence-electron chi connectivity index (χ3n) is 4.11. The van der Waals surface area contributed by atoms with Gasteiger partial charge in [0.1, 0.15) is 0 Å². The summed E-state index contributed by atoms with van der Waals surface area (Å²) >= 11 is 3.51. The van der Waals surface area contributed by atoms with Gasteiger partial charge in [-0.05, 0) is 19.8 Å². The van der Waals surface area contributed by atoms with Crippen molar-refractivity contribution < 1.29 is 0 Å². The zero-order valence-electron chi connectivity index (χ0n) is 15.3. The molecule has 144 valence electrons. The van der Waals surface area contributed by atoms with Crippen LogP contribution in [0.5, 0.6) is 0 Å². The van der Waals surface area contributed by atoms with Crippen LogP contribution in [0.1, 0.15) is 28.4 Å². The summed E-state index contributed by atoms with van der Waals surface area (Å²) in [6, 6.07) is 0. The molecule has 2 aromatic heterocycles. The number of nitrogens with zero attached hydrogens (tertiary/aromatic N) is 4. The van der Waals surface area contributed by atoms with Crippen molar-refractivity contribution in [2.24, 2.45) is 4.99 Å². The quantitative estimate of drug-likeness (QED) is 0.344. The fraction of sp³-hybridized carbons (Fsp3) is 0.588. The highest BCUT2D eigenvalue weighted by Crippen LogP contribution is 2.24. The van der Waals surface area contributed by atoms with Gasteiger partial charge in [0.15, 0.2) is 11.1 Å². The Balaban J connectivity index is 0.00000243. The number of aliphatic imine (C=N–C) groups is 1. The van der Waals surface area contributed by atoms with Crippen molar-refractivity contribution in [3.8, 4) is 0 Å². The molecule has 26 heavy (non-hydrogen) atoms. The third kappa shape index (κ3) is 6.34. The van der Waals surface area contributed by atoms with Crippen molar-refractivity contribution in [1.29, 1.82) is 0 Å². The molecule has 0 aliphatic carbocycles. The molecule has 2 aromatic rings. The number of anilines is 1. The van der Waals surface area contributed by atoms with Gasteiger partial charge >= 0.3 is 0 Å². The van der Waals surface area contributed by atoms with Crippen molar-refractivity contribution in [1.82, 2.24) is 20.6 Å². The van der Waals surface area contributed by atoms with Crippen LogP contribution in [-0.4, -0.2) is 49.2 Å². The Kier molecular flexibility index (Phi) is 9.06. The Labute approximate surface area is 180 Å². The number of aryl methyl sites for hydroxylation is 1. The highest BCUT2D eigenvalue weighted by atomic mass is 127. The molecule has 0 atom stereocenters. The van der Waals surface area contributed by atoms with E-state index in [1.165, 1.54) is 22.9 Å². The fourth-order valence-corrected chi connectivity index (χ4v) is 4.50. The van der Waals surface area contributed by atoms with Crippen molar-refractivity contribution in [2.75, 3.05) is 38.1 Å². The molecule has 0 bridgehead atoms. The van der Waals surface area contributed by atoms with Crippen LogP contribution < -0.4 is 15.5 Å². The monoisotopic (exact) mass is 506 g/mol. The molecule has 0 spiro atoms. The molecular formula is C17H27IN6S2. The van der Waals surface area contributed by atoms with E-state index in [1.54, 1.807) is 29.7 Å². The van der Waals surface area contributed by atoms with Gasteiger partial charge in [-0.2, -0.15) is 0 Å². The second-order valence-corrected chi connectivity index (χ2v) is 8.26. The first-order valence-electron chi connectivity index (χ1n) is 8.80. The van der Waals surface area contributed by atoms with Gasteiger partial charge in [-0.3, -0.25) is 4.99 Å². The van der Waals surface area contributed by atoms with Crippen LogP contribution in [0.2, 0.25) is 0 Å². The molecule has 2 N–H and O–H groups in total. The smallest absolute Gasteiger partial charge is 0.191 e. The van der Waals surface area contributed by atoms with Gasteiger partial charge in [0.2, 0.25) is 0 Å². The minimum atomic E-state index is 0. The molecule has 0 unspecified atom stereocenters. The van der Waals surface area contributed by atoms with Crippen LogP contribution >= 0.6 is 46.7 Å². The standard InChI is InChI=1S/C17H26N6S2.HI/c1-13-11-21-15(25-13)6-8-20-16(18-2)19-7-5-14-12-24-17(22-14)23-9-3-4-10-23;/h11-12H,3-10H2,1-2H3,(H2,18,19,20);1H. The summed E-state index contributed by atoms with van der Waals surface area (Å²) < 4.78 is 0. The predicted molar refractivity (Wildman–Crippen MR) is 123 cm³/mol. The molecule has 1 aliphatic heterocycles. The summed E-state index contributed by atoms with van der Waals surface area (Å²) in [5.41, 5.74) is 1.16. The van der Waals surface area contributed by atoms with Crippen molar-refractivity contribution in [3.05, 3.63) is 27.2 Å². The Morgan fingerprint density at radius 3 is 2.62 bits per heavy atom. The lowest BCUT2D eigenvalue weighted by Crippen LogP contribution is -2.39. The summed E-state index contributed by atoms with van der Waals surface area (Å²) in [4.78, 5) is 17.1. The molecule has 0 amide bonds. The Morgan fingerprint density at radius 2 is 1.96 bits per heavy atom. The number of nitrogens with one attached hydrogen (secondary N) is 2. The van der Waals surface area contributed by atoms with Crippen LogP contribution in [0.15, 0.2) is 16.6 Å². The van der Waals surface area contributed by atoms with Crippen molar-refractivity contribution in [2.45, 2.75) is 32.6 Å². The van der Waals surface area contributed by atoms with Gasteiger partial charge in [0, 0.05) is 62.5 Å². The van der Waals surface area contributed by atoms with Gasteiger partial charge in [0.25, 0.3) is 0 Å². The molecule has 6 nitrogen and oxygen atoms in total. The predicted octanol–water partition coefficient (Wildman–Crippen LogP) is 3.08. The molecule has 9 heteroatoms. The van der Waals surface area contributed by atoms with Gasteiger partial charge in [-0.1, -0.05) is 0 Å². The number of rotatable bonds is 7. The van der Waals surface area contributed by atoms with E-state index < -0.39 is 0 Å². The maximum absolute atomic E-state index is 4.76. The maximum Gasteiger partial charge on any atom is 0.191 e. The highest BCUT2D eigenvalue weighted by molar-refractivity contribution is 14.0. The second kappa shape index (κ2) is 11.0. The van der Waals surface area contributed by atoms with E-state index >= 15 is 0 Å². The number of aromatic nitrogens is 2. The summed E-state index contributed by atoms with van der Waals surface area (Å²) in [6.07, 6.45) is 6.34. The van der Waals surface area contributed by atoms with Gasteiger partial charge in [-0.25, -0.2) is 9.97 Å². The molecule has 0 aromatic carbocycles. The number of guanidine groups is 1. The van der Waals surface area contributed by atoms with Crippen molar-refractivity contribution in [3.63, 3.8) is 0 Å². The normalized spacial score (nSPS) is 14.4. The summed E-state index contributed by atoms with van der Waals surface area (Å²) in [6.45, 7) is 6.06. The second-order valence-electron chi connectivity index (χ2n) is 6.11. The average molecular weight is 506 g/mol. The Morgan fingerprint density at radius 1 is 1.23 bits per heavy atom. The molecule has 1 saturated heterocycles. The first-order chi connectivity index (χ1) is 12.2. The first-order valence-corrected chi connectivity index (χ1v) is 10.5. The molecule has 0 saturated carbocycles. The van der Waals surface area contributed by atoms with E-state index in [4.69, 9.17) is 4.98 Å². The average Bonchev–Trinajstić information content (AvgIpc) is 3.35. The number of halogens is 1. The van der Waals surface area contributed by atoms with E-state index in [-0.39, 0.29) is 24.0 Å². The summed E-state index contributed by atoms with van der Waals surface area (Å²) in [5.74, 6) is 0.836. The first kappa shape index (κ1) is 21.4. The lowest BCUT2D eigenvalue weighted by atomic mass is 10.3. The van der Waals surface area contributed by atoms with E-state index in [0.717, 1.165) is 55.7 Å². The van der Waals surface area contributed by atoms with Crippen LogP contribution in [0.4, 0.5) is 5.13 Å². The molecular weight excluding hydrogens is 479 g/mol. The van der Waals surface area contributed by atoms with E-state index in [1.807, 2.05) is 6.20 Å². The van der Waals surface area contributed by atoms with Crippen LogP contribution in [-0.2, 0) is 12.8 Å². The van der Waals surface area contributed by atoms with E-state index in [9.17, 15) is 0 Å². The Hall–Kier alpha value is -0.940. The van der Waals surface area contributed by atoms with Gasteiger partial charge in [-0.15, -0.1) is 46.7 Å². The molecule has 1 fully saturated rings. The fourth-order valence-electron chi connectivity index (χ4n) is 2.80. The van der Waals surface area contributed by atoms with E-state index in [0.29, 0.717) is 0 Å². The molecule has 3 rings (SSSR count). The Bertz CT molecular complexity index is 693. The number of hydrogen-bond donors (Lipinski definition) is 2. The molecule has 0 radical (unpaired) electrons. The van der Waals surface area contributed by atoms with Crippen LogP contribution in [0, 0.1) is 6.92 Å². The lowest BCUT2D eigenvalue weighted by Gasteiger charge is -2.12. The van der Waals surface area contributed by atoms with E-state index in [2.05, 4.69) is 37.8 Å². The number of hydrogen-bond acceptors (Lipinski definition) is 6. The zero-order chi connectivity index (χ0) is 17.5.